The van der Waals surface area contributed by atoms with Gasteiger partial charge in [-0.2, -0.15) is 0 Å². The molecule has 0 aromatic heterocycles. The molecule has 0 bridgehead atoms. The first kappa shape index (κ1) is 9.21. The van der Waals surface area contributed by atoms with Crippen molar-refractivity contribution in [1.82, 2.24) is 0 Å². The normalized spacial score (nSPS) is 21.0. The highest BCUT2D eigenvalue weighted by Crippen LogP contribution is 2.53. The molecule has 0 radical (unpaired) electrons. The lowest BCUT2D eigenvalue weighted by atomic mass is 9.65. The standard InChI is InChI=1S/C11H11BrN2O/c12-6-4-7-9(8(13)5-6)14-10(15)11(7)2-1-3-11/h4-5H,1-3,13H2,(H,14,15). The van der Waals surface area contributed by atoms with Crippen molar-refractivity contribution < 1.29 is 4.79 Å². The van der Waals surface area contributed by atoms with Crippen molar-refractivity contribution in [1.29, 1.82) is 0 Å². The molecule has 1 aromatic carbocycles. The van der Waals surface area contributed by atoms with E-state index in [0.29, 0.717) is 5.69 Å². The van der Waals surface area contributed by atoms with Gasteiger partial charge in [0.2, 0.25) is 5.91 Å². The van der Waals surface area contributed by atoms with Crippen molar-refractivity contribution in [3.8, 4) is 0 Å². The molecule has 1 fully saturated rings. The van der Waals surface area contributed by atoms with Crippen LogP contribution in [0.3, 0.4) is 0 Å². The fraction of sp³-hybridized carbons (Fsp3) is 0.364. The molecule has 0 unspecified atom stereocenters. The highest BCUT2D eigenvalue weighted by atomic mass is 79.9. The minimum Gasteiger partial charge on any atom is -0.397 e. The van der Waals surface area contributed by atoms with Crippen LogP contribution in [0.1, 0.15) is 24.8 Å². The second-order valence-electron chi connectivity index (χ2n) is 4.31. The van der Waals surface area contributed by atoms with Gasteiger partial charge in [0, 0.05) is 4.47 Å². The Balaban J connectivity index is 2.24. The molecular weight excluding hydrogens is 256 g/mol. The van der Waals surface area contributed by atoms with Crippen molar-refractivity contribution >= 4 is 33.2 Å². The number of benzene rings is 1. The van der Waals surface area contributed by atoms with Crippen LogP contribution in [0.25, 0.3) is 0 Å². The van der Waals surface area contributed by atoms with E-state index in [-0.39, 0.29) is 11.3 Å². The molecule has 4 heteroatoms. The lowest BCUT2D eigenvalue weighted by molar-refractivity contribution is -0.123. The van der Waals surface area contributed by atoms with Gasteiger partial charge in [0.1, 0.15) is 0 Å². The van der Waals surface area contributed by atoms with E-state index in [2.05, 4.69) is 21.2 Å². The summed E-state index contributed by atoms with van der Waals surface area (Å²) in [5.74, 6) is 0.119. The van der Waals surface area contributed by atoms with Crippen molar-refractivity contribution in [2.24, 2.45) is 0 Å². The van der Waals surface area contributed by atoms with Crippen LogP contribution >= 0.6 is 15.9 Å². The number of nitrogens with one attached hydrogen (secondary N) is 1. The van der Waals surface area contributed by atoms with Crippen LogP contribution in [0.5, 0.6) is 0 Å². The minimum atomic E-state index is -0.271. The van der Waals surface area contributed by atoms with Crippen LogP contribution in [0.15, 0.2) is 16.6 Å². The van der Waals surface area contributed by atoms with E-state index in [1.165, 1.54) is 0 Å². The number of halogens is 1. The van der Waals surface area contributed by atoms with E-state index < -0.39 is 0 Å². The Morgan fingerprint density at radius 3 is 2.73 bits per heavy atom. The van der Waals surface area contributed by atoms with E-state index in [9.17, 15) is 4.79 Å². The third kappa shape index (κ3) is 1.03. The van der Waals surface area contributed by atoms with E-state index in [1.807, 2.05) is 12.1 Å². The highest BCUT2D eigenvalue weighted by molar-refractivity contribution is 9.10. The summed E-state index contributed by atoms with van der Waals surface area (Å²) in [4.78, 5) is 11.9. The molecule has 1 aromatic rings. The average Bonchev–Trinajstić information content (AvgIpc) is 2.37. The maximum Gasteiger partial charge on any atom is 0.235 e. The number of anilines is 2. The van der Waals surface area contributed by atoms with Gasteiger partial charge in [-0.05, 0) is 30.5 Å². The zero-order valence-electron chi connectivity index (χ0n) is 8.14. The SMILES string of the molecule is Nc1cc(Br)cc2c1NC(=O)C21CCC1. The Morgan fingerprint density at radius 1 is 1.40 bits per heavy atom. The van der Waals surface area contributed by atoms with Gasteiger partial charge in [-0.25, -0.2) is 0 Å². The molecule has 78 valence electrons. The van der Waals surface area contributed by atoms with Gasteiger partial charge < -0.3 is 11.1 Å². The zero-order chi connectivity index (χ0) is 10.6. The topological polar surface area (TPSA) is 55.1 Å². The van der Waals surface area contributed by atoms with E-state index >= 15 is 0 Å². The van der Waals surface area contributed by atoms with E-state index in [1.54, 1.807) is 0 Å². The number of amides is 1. The number of hydrogen-bond donors (Lipinski definition) is 2. The summed E-state index contributed by atoms with van der Waals surface area (Å²) in [5.41, 5.74) is 8.17. The van der Waals surface area contributed by atoms with Crippen LogP contribution in [-0.4, -0.2) is 5.91 Å². The molecule has 1 aliphatic heterocycles. The predicted molar refractivity (Wildman–Crippen MR) is 62.7 cm³/mol. The molecule has 0 atom stereocenters. The molecule has 15 heavy (non-hydrogen) atoms. The molecule has 1 spiro atoms. The number of carbonyl (C=O) groups is 1. The van der Waals surface area contributed by atoms with Crippen LogP contribution in [0.4, 0.5) is 11.4 Å². The molecule has 0 saturated heterocycles. The second-order valence-corrected chi connectivity index (χ2v) is 5.22. The molecule has 1 aliphatic carbocycles. The molecule has 3 nitrogen and oxygen atoms in total. The lowest BCUT2D eigenvalue weighted by Crippen LogP contribution is -2.40. The number of nitrogens with two attached hydrogens (primary N) is 1. The van der Waals surface area contributed by atoms with E-state index in [0.717, 1.165) is 35.0 Å². The van der Waals surface area contributed by atoms with Crippen molar-refractivity contribution in [3.05, 3.63) is 22.2 Å². The minimum absolute atomic E-state index is 0.119. The number of fused-ring (bicyclic) bond motifs is 2. The highest BCUT2D eigenvalue weighted by Gasteiger charge is 2.51. The average molecular weight is 267 g/mol. The first-order valence-corrected chi connectivity index (χ1v) is 5.84. The number of carbonyl (C=O) groups excluding carboxylic acids is 1. The van der Waals surface area contributed by atoms with Crippen LogP contribution in [0.2, 0.25) is 0 Å². The lowest BCUT2D eigenvalue weighted by Gasteiger charge is -2.36. The maximum absolute atomic E-state index is 11.9. The van der Waals surface area contributed by atoms with Crippen molar-refractivity contribution in [2.45, 2.75) is 24.7 Å². The number of hydrogen-bond acceptors (Lipinski definition) is 2. The molecule has 2 aliphatic rings. The maximum atomic E-state index is 11.9. The fourth-order valence-corrected chi connectivity index (χ4v) is 3.00. The van der Waals surface area contributed by atoms with Gasteiger partial charge in [-0.15, -0.1) is 0 Å². The summed E-state index contributed by atoms with van der Waals surface area (Å²) in [6.45, 7) is 0. The molecule has 3 N–H and O–H groups in total. The van der Waals surface area contributed by atoms with Gasteiger partial charge in [0.25, 0.3) is 0 Å². The number of rotatable bonds is 0. The van der Waals surface area contributed by atoms with E-state index in [4.69, 9.17) is 5.73 Å². The van der Waals surface area contributed by atoms with Gasteiger partial charge in [0.15, 0.2) is 0 Å². The van der Waals surface area contributed by atoms with Gasteiger partial charge in [0.05, 0.1) is 16.8 Å². The fourth-order valence-electron chi connectivity index (χ4n) is 2.53. The summed E-state index contributed by atoms with van der Waals surface area (Å²) in [6, 6.07) is 3.85. The van der Waals surface area contributed by atoms with Crippen LogP contribution in [0, 0.1) is 0 Å². The zero-order valence-corrected chi connectivity index (χ0v) is 9.73. The molecular formula is C11H11BrN2O. The summed E-state index contributed by atoms with van der Waals surface area (Å²) in [6.07, 6.45) is 3.02. The molecule has 1 amide bonds. The third-order valence-electron chi connectivity index (χ3n) is 3.53. The summed E-state index contributed by atoms with van der Waals surface area (Å²) in [5, 5.41) is 2.90. The Kier molecular flexibility index (Phi) is 1.69. The Labute approximate surface area is 96.2 Å². The van der Waals surface area contributed by atoms with Crippen LogP contribution in [-0.2, 0) is 10.2 Å². The number of nitrogen functional groups attached to an aromatic ring is 1. The Morgan fingerprint density at radius 2 is 2.13 bits per heavy atom. The second kappa shape index (κ2) is 2.76. The van der Waals surface area contributed by atoms with Crippen molar-refractivity contribution in [2.75, 3.05) is 11.1 Å². The largest absolute Gasteiger partial charge is 0.397 e. The molecule has 1 saturated carbocycles. The first-order valence-electron chi connectivity index (χ1n) is 5.04. The Bertz CT molecular complexity index is 466. The Hall–Kier alpha value is -1.03. The third-order valence-corrected chi connectivity index (χ3v) is 3.99. The van der Waals surface area contributed by atoms with Gasteiger partial charge >= 0.3 is 0 Å². The summed E-state index contributed by atoms with van der Waals surface area (Å²) >= 11 is 3.42. The monoisotopic (exact) mass is 266 g/mol. The summed E-state index contributed by atoms with van der Waals surface area (Å²) in [7, 11) is 0. The molecule has 3 rings (SSSR count). The first-order chi connectivity index (χ1) is 7.13. The predicted octanol–water partition coefficient (Wildman–Crippen LogP) is 2.41. The van der Waals surface area contributed by atoms with Crippen LogP contribution < -0.4 is 11.1 Å². The molecule has 1 heterocycles. The quantitative estimate of drug-likeness (QED) is 0.709. The van der Waals surface area contributed by atoms with Gasteiger partial charge in [-0.3, -0.25) is 4.79 Å². The van der Waals surface area contributed by atoms with Gasteiger partial charge in [-0.1, -0.05) is 22.4 Å². The van der Waals surface area contributed by atoms with Crippen molar-refractivity contribution in [3.63, 3.8) is 0 Å². The summed E-state index contributed by atoms with van der Waals surface area (Å²) < 4.78 is 0.946. The smallest absolute Gasteiger partial charge is 0.235 e.